The number of piperazine rings is 1. The fourth-order valence-electron chi connectivity index (χ4n) is 5.00. The summed E-state index contributed by atoms with van der Waals surface area (Å²) < 4.78 is 83.2. The lowest BCUT2D eigenvalue weighted by molar-refractivity contribution is -0.388. The average molecular weight is 590 g/mol. The molecule has 9 nitrogen and oxygen atoms in total. The molecule has 0 unspecified atom stereocenters. The number of anilines is 2. The molecule has 1 saturated heterocycles. The molecule has 15 heteroatoms. The van der Waals surface area contributed by atoms with Crippen molar-refractivity contribution < 1.29 is 40.8 Å². The number of halogens is 6. The molecule has 1 aliphatic carbocycles. The monoisotopic (exact) mass is 589 g/mol. The summed E-state index contributed by atoms with van der Waals surface area (Å²) in [5, 5.41) is 14.0. The smallest absolute Gasteiger partial charge is 0.423 e. The van der Waals surface area contributed by atoms with Gasteiger partial charge in [-0.25, -0.2) is 4.98 Å². The van der Waals surface area contributed by atoms with Crippen LogP contribution in [0.5, 0.6) is 5.75 Å². The quantitative estimate of drug-likeness (QED) is 0.236. The number of benzene rings is 1. The predicted molar refractivity (Wildman–Crippen MR) is 137 cm³/mol. The zero-order chi connectivity index (χ0) is 29.8. The second-order valence-corrected chi connectivity index (χ2v) is 10.1. The van der Waals surface area contributed by atoms with Crippen molar-refractivity contribution in [1.29, 1.82) is 0 Å². The van der Waals surface area contributed by atoms with E-state index in [4.69, 9.17) is 4.74 Å². The molecule has 2 heterocycles. The van der Waals surface area contributed by atoms with Gasteiger partial charge in [-0.05, 0) is 43.9 Å². The summed E-state index contributed by atoms with van der Waals surface area (Å²) in [6.45, 7) is 1.42. The molecular formula is C26H29F6N5O4. The van der Waals surface area contributed by atoms with Crippen molar-refractivity contribution >= 4 is 23.1 Å². The van der Waals surface area contributed by atoms with Gasteiger partial charge in [0.25, 0.3) is 5.69 Å². The van der Waals surface area contributed by atoms with Crippen LogP contribution in [0, 0.1) is 10.1 Å². The van der Waals surface area contributed by atoms with Crippen LogP contribution in [0.1, 0.15) is 44.1 Å². The van der Waals surface area contributed by atoms with Crippen molar-refractivity contribution in [3.8, 4) is 5.75 Å². The zero-order valence-electron chi connectivity index (χ0n) is 21.9. The molecule has 41 heavy (non-hydrogen) atoms. The Hall–Kier alpha value is -3.78. The van der Waals surface area contributed by atoms with Gasteiger partial charge in [-0.3, -0.25) is 14.9 Å². The Kier molecular flexibility index (Phi) is 9.12. The molecular weight excluding hydrogens is 560 g/mol. The van der Waals surface area contributed by atoms with E-state index in [9.17, 15) is 41.3 Å². The SMILES string of the molecule is O=C(CCC(F)(F)F)N1CCN(c2cc(O[C@H]3CC[C@H](Nc4ccc([N+](=O)[O-])c(C(F)(F)F)c4)CC3)ccn2)CC1. The molecule has 1 amide bonds. The molecule has 1 aromatic heterocycles. The molecule has 1 aromatic carbocycles. The van der Waals surface area contributed by atoms with Gasteiger partial charge in [0.05, 0.1) is 17.4 Å². The van der Waals surface area contributed by atoms with Crippen LogP contribution in [0.25, 0.3) is 0 Å². The van der Waals surface area contributed by atoms with Crippen molar-refractivity contribution in [2.24, 2.45) is 0 Å². The molecule has 2 aliphatic rings. The first-order valence-corrected chi connectivity index (χ1v) is 13.1. The van der Waals surface area contributed by atoms with Crippen molar-refractivity contribution in [1.82, 2.24) is 9.88 Å². The maximum atomic E-state index is 13.3. The fraction of sp³-hybridized carbons (Fsp3) is 0.538. The van der Waals surface area contributed by atoms with Gasteiger partial charge in [0.2, 0.25) is 5.91 Å². The van der Waals surface area contributed by atoms with Crippen LogP contribution in [-0.2, 0) is 11.0 Å². The number of ether oxygens (including phenoxy) is 1. The number of rotatable bonds is 8. The van der Waals surface area contributed by atoms with Crippen LogP contribution in [0.2, 0.25) is 0 Å². The van der Waals surface area contributed by atoms with Gasteiger partial charge in [-0.1, -0.05) is 0 Å². The summed E-state index contributed by atoms with van der Waals surface area (Å²) in [5.41, 5.74) is -2.13. The van der Waals surface area contributed by atoms with Crippen LogP contribution < -0.4 is 15.0 Å². The molecule has 1 saturated carbocycles. The Bertz CT molecular complexity index is 1230. The van der Waals surface area contributed by atoms with E-state index in [1.807, 2.05) is 4.90 Å². The normalized spacial score (nSPS) is 20.0. The number of carbonyl (C=O) groups excluding carboxylic acids is 1. The van der Waals surface area contributed by atoms with Gasteiger partial charge in [0.1, 0.15) is 17.1 Å². The summed E-state index contributed by atoms with van der Waals surface area (Å²) in [5.74, 6) is 0.686. The Morgan fingerprint density at radius 2 is 1.71 bits per heavy atom. The molecule has 0 atom stereocenters. The predicted octanol–water partition coefficient (Wildman–Crippen LogP) is 5.80. The average Bonchev–Trinajstić information content (AvgIpc) is 2.92. The van der Waals surface area contributed by atoms with Crippen molar-refractivity contribution in [3.63, 3.8) is 0 Å². The topological polar surface area (TPSA) is 101 Å². The number of nitrogens with one attached hydrogen (secondary N) is 1. The molecule has 2 fully saturated rings. The van der Waals surface area contributed by atoms with Crippen molar-refractivity contribution in [3.05, 3.63) is 52.2 Å². The second kappa shape index (κ2) is 12.4. The van der Waals surface area contributed by atoms with Gasteiger partial charge in [0.15, 0.2) is 0 Å². The Balaban J connectivity index is 1.26. The van der Waals surface area contributed by atoms with Crippen LogP contribution in [0.15, 0.2) is 36.5 Å². The zero-order valence-corrected chi connectivity index (χ0v) is 21.9. The highest BCUT2D eigenvalue weighted by atomic mass is 19.4. The largest absolute Gasteiger partial charge is 0.490 e. The van der Waals surface area contributed by atoms with Crippen LogP contribution in [0.4, 0.5) is 43.5 Å². The van der Waals surface area contributed by atoms with E-state index in [0.717, 1.165) is 12.1 Å². The van der Waals surface area contributed by atoms with E-state index in [0.29, 0.717) is 63.4 Å². The number of hydrogen-bond acceptors (Lipinski definition) is 7. The number of aromatic nitrogens is 1. The molecule has 1 N–H and O–H groups in total. The highest BCUT2D eigenvalue weighted by Crippen LogP contribution is 2.38. The molecule has 0 spiro atoms. The molecule has 2 aromatic rings. The number of nitro groups is 1. The minimum absolute atomic E-state index is 0.125. The first-order valence-electron chi connectivity index (χ1n) is 13.1. The van der Waals surface area contributed by atoms with E-state index in [1.165, 1.54) is 11.0 Å². The highest BCUT2D eigenvalue weighted by Gasteiger charge is 2.38. The number of alkyl halides is 6. The standard InChI is InChI=1S/C26H29F6N5O4/c27-25(28,29)9-7-24(38)36-13-11-35(12-14-36)23-16-20(8-10-33-23)41-19-4-1-17(2-5-19)34-18-3-6-22(37(39)40)21(15-18)26(30,31)32/h3,6,8,10,15-17,19,34H,1-2,4-5,7,9,11-14H2/t17-,19-. The third-order valence-corrected chi connectivity index (χ3v) is 7.14. The van der Waals surface area contributed by atoms with E-state index >= 15 is 0 Å². The van der Waals surface area contributed by atoms with Crippen LogP contribution >= 0.6 is 0 Å². The number of hydrogen-bond donors (Lipinski definition) is 1. The third kappa shape index (κ3) is 8.36. The van der Waals surface area contributed by atoms with E-state index < -0.39 is 47.3 Å². The fourth-order valence-corrected chi connectivity index (χ4v) is 5.00. The Morgan fingerprint density at radius 1 is 1.02 bits per heavy atom. The van der Waals surface area contributed by atoms with Crippen molar-refractivity contribution in [2.45, 2.75) is 63.0 Å². The first kappa shape index (κ1) is 30.2. The van der Waals surface area contributed by atoms with Gasteiger partial charge >= 0.3 is 12.4 Å². The highest BCUT2D eigenvalue weighted by molar-refractivity contribution is 5.76. The summed E-state index contributed by atoms with van der Waals surface area (Å²) in [4.78, 5) is 29.7. The third-order valence-electron chi connectivity index (χ3n) is 7.14. The minimum atomic E-state index is -4.85. The molecule has 0 radical (unpaired) electrons. The maximum absolute atomic E-state index is 13.3. The number of nitrogens with zero attached hydrogens (tertiary/aromatic N) is 4. The molecule has 1 aliphatic heterocycles. The summed E-state index contributed by atoms with van der Waals surface area (Å²) >= 11 is 0. The summed E-state index contributed by atoms with van der Waals surface area (Å²) in [7, 11) is 0. The Morgan fingerprint density at radius 3 is 2.32 bits per heavy atom. The molecule has 4 rings (SSSR count). The number of carbonyl (C=O) groups is 1. The lowest BCUT2D eigenvalue weighted by Gasteiger charge is -2.35. The number of nitro benzene ring substituents is 1. The van der Waals surface area contributed by atoms with Crippen LogP contribution in [-0.4, -0.2) is 65.2 Å². The lowest BCUT2D eigenvalue weighted by Crippen LogP contribution is -2.49. The molecule has 224 valence electrons. The second-order valence-electron chi connectivity index (χ2n) is 10.1. The van der Waals surface area contributed by atoms with Gasteiger partial charge in [0, 0.05) is 62.7 Å². The van der Waals surface area contributed by atoms with Crippen LogP contribution in [0.3, 0.4) is 0 Å². The Labute approximate surface area is 231 Å². The van der Waals surface area contributed by atoms with Gasteiger partial charge < -0.3 is 19.9 Å². The number of pyridine rings is 1. The first-order chi connectivity index (χ1) is 19.3. The maximum Gasteiger partial charge on any atom is 0.423 e. The lowest BCUT2D eigenvalue weighted by atomic mass is 9.92. The van der Waals surface area contributed by atoms with E-state index in [1.54, 1.807) is 18.3 Å². The summed E-state index contributed by atoms with van der Waals surface area (Å²) in [6.07, 6.45) is -6.97. The molecule has 0 bridgehead atoms. The number of amides is 1. The van der Waals surface area contributed by atoms with E-state index in [-0.39, 0.29) is 17.8 Å². The summed E-state index contributed by atoms with van der Waals surface area (Å²) in [6, 6.07) is 6.23. The van der Waals surface area contributed by atoms with Gasteiger partial charge in [-0.15, -0.1) is 0 Å². The van der Waals surface area contributed by atoms with E-state index in [2.05, 4.69) is 10.3 Å². The van der Waals surface area contributed by atoms with Gasteiger partial charge in [-0.2, -0.15) is 26.3 Å². The van der Waals surface area contributed by atoms with Crippen molar-refractivity contribution in [2.75, 3.05) is 36.4 Å². The minimum Gasteiger partial charge on any atom is -0.490 e.